The first kappa shape index (κ1) is 19.4. The first-order valence-electron chi connectivity index (χ1n) is 9.39. The Morgan fingerprint density at radius 2 is 1.43 bits per heavy atom. The van der Waals surface area contributed by atoms with Gasteiger partial charge < -0.3 is 10.2 Å². The Morgan fingerprint density at radius 1 is 0.857 bits per heavy atom. The van der Waals surface area contributed by atoms with Crippen LogP contribution in [0.2, 0.25) is 0 Å². The van der Waals surface area contributed by atoms with Crippen molar-refractivity contribution >= 4 is 17.5 Å². The highest BCUT2D eigenvalue weighted by Crippen LogP contribution is 2.22. The number of aryl methyl sites for hydroxylation is 1. The van der Waals surface area contributed by atoms with E-state index in [-0.39, 0.29) is 0 Å². The first-order valence-corrected chi connectivity index (χ1v) is 9.39. The van der Waals surface area contributed by atoms with Crippen LogP contribution in [0.4, 0.5) is 5.69 Å². The first-order chi connectivity index (χ1) is 13.6. The number of carbonyl (C=O) groups excluding carboxylic acids is 2. The molecule has 0 unspecified atom stereocenters. The van der Waals surface area contributed by atoms with Gasteiger partial charge in [-0.15, -0.1) is 0 Å². The van der Waals surface area contributed by atoms with Crippen molar-refractivity contribution in [3.05, 3.63) is 102 Å². The van der Waals surface area contributed by atoms with Crippen molar-refractivity contribution in [2.45, 2.75) is 19.9 Å². The predicted molar refractivity (Wildman–Crippen MR) is 112 cm³/mol. The summed E-state index contributed by atoms with van der Waals surface area (Å²) in [6.07, 6.45) is 0. The topological polar surface area (TPSA) is 49.4 Å². The minimum absolute atomic E-state index is 0.393. The molecule has 0 fully saturated rings. The Hall–Kier alpha value is -3.40. The number of amides is 2. The summed E-state index contributed by atoms with van der Waals surface area (Å²) in [5.74, 6) is -1.19. The highest BCUT2D eigenvalue weighted by molar-refractivity contribution is 6.40. The molecular weight excluding hydrogens is 348 g/mol. The minimum atomic E-state index is -0.624. The molecule has 1 N–H and O–H groups in total. The Kier molecular flexibility index (Phi) is 6.22. The van der Waals surface area contributed by atoms with Crippen molar-refractivity contribution in [3.8, 4) is 0 Å². The number of hydrogen-bond donors (Lipinski definition) is 1. The molecule has 0 radical (unpaired) electrons. The second kappa shape index (κ2) is 9.00. The molecule has 142 valence electrons. The molecule has 0 saturated heterocycles. The molecule has 0 bridgehead atoms. The van der Waals surface area contributed by atoms with E-state index in [0.717, 1.165) is 22.4 Å². The van der Waals surface area contributed by atoms with Crippen molar-refractivity contribution in [2.75, 3.05) is 11.4 Å². The van der Waals surface area contributed by atoms with Crippen LogP contribution in [-0.4, -0.2) is 18.4 Å². The summed E-state index contributed by atoms with van der Waals surface area (Å²) in [4.78, 5) is 27.2. The van der Waals surface area contributed by atoms with Crippen molar-refractivity contribution in [2.24, 2.45) is 0 Å². The molecule has 0 atom stereocenters. The lowest BCUT2D eigenvalue weighted by molar-refractivity contribution is -0.137. The molecule has 0 aliphatic rings. The fourth-order valence-electron chi connectivity index (χ4n) is 3.20. The molecule has 0 saturated carbocycles. The van der Waals surface area contributed by atoms with E-state index in [1.807, 2.05) is 98.8 Å². The Balaban J connectivity index is 1.86. The van der Waals surface area contributed by atoms with E-state index in [9.17, 15) is 9.59 Å². The van der Waals surface area contributed by atoms with Gasteiger partial charge in [-0.3, -0.25) is 9.59 Å². The summed E-state index contributed by atoms with van der Waals surface area (Å²) in [7, 11) is 0. The van der Waals surface area contributed by atoms with E-state index in [0.29, 0.717) is 6.54 Å². The van der Waals surface area contributed by atoms with Gasteiger partial charge in [-0.25, -0.2) is 0 Å². The quantitative estimate of drug-likeness (QED) is 0.681. The number of likely N-dealkylation sites (N-methyl/N-ethyl adjacent to an activating group) is 1. The van der Waals surface area contributed by atoms with Crippen LogP contribution in [0.5, 0.6) is 0 Å². The van der Waals surface area contributed by atoms with Gasteiger partial charge in [-0.2, -0.15) is 0 Å². The van der Waals surface area contributed by atoms with Crippen LogP contribution in [0.15, 0.2) is 84.9 Å². The summed E-state index contributed by atoms with van der Waals surface area (Å²) in [5.41, 5.74) is 3.61. The molecular formula is C24H24N2O2. The van der Waals surface area contributed by atoms with Crippen molar-refractivity contribution < 1.29 is 9.59 Å². The zero-order valence-electron chi connectivity index (χ0n) is 16.1. The van der Waals surface area contributed by atoms with E-state index in [4.69, 9.17) is 0 Å². The van der Waals surface area contributed by atoms with Crippen LogP contribution >= 0.6 is 0 Å². The standard InChI is InChI=1S/C24H24N2O2/c1-3-26(21-16-10-11-18(2)17-21)24(28)23(27)25-22(19-12-6-4-7-13-19)20-14-8-5-9-15-20/h4-17,22H,3H2,1-2H3,(H,25,27). The fraction of sp³-hybridized carbons (Fsp3) is 0.167. The third-order valence-electron chi connectivity index (χ3n) is 4.61. The fourth-order valence-corrected chi connectivity index (χ4v) is 3.20. The summed E-state index contributed by atoms with van der Waals surface area (Å²) in [5, 5.41) is 2.92. The number of carbonyl (C=O) groups is 2. The second-order valence-electron chi connectivity index (χ2n) is 6.62. The lowest BCUT2D eigenvalue weighted by Crippen LogP contribution is -2.44. The number of anilines is 1. The van der Waals surface area contributed by atoms with Crippen LogP contribution < -0.4 is 10.2 Å². The molecule has 0 heterocycles. The van der Waals surface area contributed by atoms with Gasteiger partial charge in [0.25, 0.3) is 0 Å². The van der Waals surface area contributed by atoms with Gasteiger partial charge in [0.2, 0.25) is 0 Å². The Bertz CT molecular complexity index is 900. The Labute approximate surface area is 165 Å². The van der Waals surface area contributed by atoms with E-state index in [2.05, 4.69) is 5.32 Å². The molecule has 0 aromatic heterocycles. The zero-order chi connectivity index (χ0) is 19.9. The number of nitrogens with zero attached hydrogens (tertiary/aromatic N) is 1. The summed E-state index contributed by atoms with van der Waals surface area (Å²) < 4.78 is 0. The minimum Gasteiger partial charge on any atom is -0.337 e. The monoisotopic (exact) mass is 372 g/mol. The summed E-state index contributed by atoms with van der Waals surface area (Å²) >= 11 is 0. The normalized spacial score (nSPS) is 10.5. The molecule has 0 spiro atoms. The number of rotatable bonds is 5. The molecule has 4 nitrogen and oxygen atoms in total. The predicted octanol–water partition coefficient (Wildman–Crippen LogP) is 4.25. The largest absolute Gasteiger partial charge is 0.337 e. The van der Waals surface area contributed by atoms with E-state index >= 15 is 0 Å². The van der Waals surface area contributed by atoms with Gasteiger partial charge in [0.15, 0.2) is 0 Å². The van der Waals surface area contributed by atoms with Crippen LogP contribution in [0.1, 0.15) is 29.7 Å². The SMILES string of the molecule is CCN(C(=O)C(=O)NC(c1ccccc1)c1ccccc1)c1cccc(C)c1. The van der Waals surface area contributed by atoms with Gasteiger partial charge in [0, 0.05) is 12.2 Å². The maximum Gasteiger partial charge on any atom is 0.316 e. The van der Waals surface area contributed by atoms with Gasteiger partial charge in [-0.1, -0.05) is 72.8 Å². The molecule has 2 amide bonds. The van der Waals surface area contributed by atoms with E-state index < -0.39 is 17.9 Å². The van der Waals surface area contributed by atoms with E-state index in [1.54, 1.807) is 0 Å². The molecule has 3 rings (SSSR count). The maximum absolute atomic E-state index is 12.9. The van der Waals surface area contributed by atoms with Gasteiger partial charge in [0.1, 0.15) is 0 Å². The highest BCUT2D eigenvalue weighted by atomic mass is 16.2. The Morgan fingerprint density at radius 3 is 1.93 bits per heavy atom. The van der Waals surface area contributed by atoms with Crippen molar-refractivity contribution in [3.63, 3.8) is 0 Å². The third kappa shape index (κ3) is 4.46. The van der Waals surface area contributed by atoms with Gasteiger partial charge in [-0.05, 0) is 42.7 Å². The summed E-state index contributed by atoms with van der Waals surface area (Å²) in [6, 6.07) is 26.5. The van der Waals surface area contributed by atoms with Crippen molar-refractivity contribution in [1.29, 1.82) is 0 Å². The lowest BCUT2D eigenvalue weighted by Gasteiger charge is -2.24. The molecule has 3 aromatic rings. The zero-order valence-corrected chi connectivity index (χ0v) is 16.1. The lowest BCUT2D eigenvalue weighted by atomic mass is 9.98. The van der Waals surface area contributed by atoms with Crippen LogP contribution in [0, 0.1) is 6.92 Å². The third-order valence-corrected chi connectivity index (χ3v) is 4.61. The summed E-state index contributed by atoms with van der Waals surface area (Å²) in [6.45, 7) is 4.24. The van der Waals surface area contributed by atoms with Gasteiger partial charge in [0.05, 0.1) is 6.04 Å². The molecule has 3 aromatic carbocycles. The van der Waals surface area contributed by atoms with Crippen LogP contribution in [0.25, 0.3) is 0 Å². The van der Waals surface area contributed by atoms with Crippen molar-refractivity contribution in [1.82, 2.24) is 5.32 Å². The average molecular weight is 372 g/mol. The van der Waals surface area contributed by atoms with Crippen LogP contribution in [0.3, 0.4) is 0 Å². The molecule has 0 aliphatic carbocycles. The average Bonchev–Trinajstić information content (AvgIpc) is 2.73. The van der Waals surface area contributed by atoms with E-state index in [1.165, 1.54) is 4.90 Å². The van der Waals surface area contributed by atoms with Crippen LogP contribution in [-0.2, 0) is 9.59 Å². The van der Waals surface area contributed by atoms with Gasteiger partial charge >= 0.3 is 11.8 Å². The number of hydrogen-bond acceptors (Lipinski definition) is 2. The number of nitrogens with one attached hydrogen (secondary N) is 1. The molecule has 0 aliphatic heterocycles. The highest BCUT2D eigenvalue weighted by Gasteiger charge is 2.26. The smallest absolute Gasteiger partial charge is 0.316 e. The number of benzene rings is 3. The molecule has 4 heteroatoms. The second-order valence-corrected chi connectivity index (χ2v) is 6.62. The molecule has 28 heavy (non-hydrogen) atoms. The maximum atomic E-state index is 12.9.